The number of hydrogen-bond acceptors (Lipinski definition) is 3. The molecule has 0 saturated carbocycles. The van der Waals surface area contributed by atoms with E-state index in [1.54, 1.807) is 7.05 Å². The zero-order valence-corrected chi connectivity index (χ0v) is 7.67. The molecule has 1 atom stereocenters. The Labute approximate surface area is 73.0 Å². The number of hydrazine groups is 1. The van der Waals surface area contributed by atoms with Crippen LogP contribution in [-0.4, -0.2) is 44.1 Å². The maximum absolute atomic E-state index is 5.24. The maximum Gasteiger partial charge on any atom is 0.205 e. The van der Waals surface area contributed by atoms with Gasteiger partial charge in [-0.3, -0.25) is 10.4 Å². The molecule has 0 aromatic rings. The Morgan fingerprint density at radius 2 is 2.42 bits per heavy atom. The van der Waals surface area contributed by atoms with Gasteiger partial charge in [-0.15, -0.1) is 0 Å². The quantitative estimate of drug-likeness (QED) is 0.199. The van der Waals surface area contributed by atoms with E-state index < -0.39 is 0 Å². The zero-order valence-electron chi connectivity index (χ0n) is 7.67. The molecule has 0 aromatic heterocycles. The molecule has 12 heavy (non-hydrogen) atoms. The minimum absolute atomic E-state index is 0.477. The average molecular weight is 171 g/mol. The molecule has 70 valence electrons. The van der Waals surface area contributed by atoms with Crippen LogP contribution in [0.1, 0.15) is 6.42 Å². The van der Waals surface area contributed by atoms with Gasteiger partial charge >= 0.3 is 0 Å². The molecule has 0 aliphatic carbocycles. The second kappa shape index (κ2) is 4.27. The largest absolute Gasteiger partial charge is 0.351 e. The molecule has 0 aromatic carbocycles. The third-order valence-electron chi connectivity index (χ3n) is 2.09. The molecule has 1 unspecified atom stereocenters. The van der Waals surface area contributed by atoms with E-state index in [9.17, 15) is 0 Å². The van der Waals surface area contributed by atoms with Gasteiger partial charge in [0, 0.05) is 19.6 Å². The van der Waals surface area contributed by atoms with E-state index in [1.165, 1.54) is 0 Å². The summed E-state index contributed by atoms with van der Waals surface area (Å²) in [5.74, 6) is 5.90. The third-order valence-corrected chi connectivity index (χ3v) is 2.09. The summed E-state index contributed by atoms with van der Waals surface area (Å²) in [6, 6.07) is 0.477. The Hall–Kier alpha value is -0.810. The van der Waals surface area contributed by atoms with Crippen LogP contribution in [0.15, 0.2) is 4.99 Å². The summed E-state index contributed by atoms with van der Waals surface area (Å²) in [5, 5.41) is 3.22. The fourth-order valence-corrected chi connectivity index (χ4v) is 1.42. The van der Waals surface area contributed by atoms with Crippen molar-refractivity contribution in [2.24, 2.45) is 10.8 Å². The monoisotopic (exact) mass is 171 g/mol. The lowest BCUT2D eigenvalue weighted by molar-refractivity contribution is 0.406. The average Bonchev–Trinajstić information content (AvgIpc) is 2.47. The number of nitrogens with two attached hydrogens (primary N) is 1. The lowest BCUT2D eigenvalue weighted by Gasteiger charge is -2.14. The predicted octanol–water partition coefficient (Wildman–Crippen LogP) is -1.27. The first-order chi connectivity index (χ1) is 5.76. The van der Waals surface area contributed by atoms with Gasteiger partial charge in [0.25, 0.3) is 0 Å². The Bertz CT molecular complexity index is 167. The van der Waals surface area contributed by atoms with Gasteiger partial charge < -0.3 is 10.2 Å². The van der Waals surface area contributed by atoms with Gasteiger partial charge in [0.05, 0.1) is 0 Å². The van der Waals surface area contributed by atoms with E-state index >= 15 is 0 Å². The van der Waals surface area contributed by atoms with Crippen molar-refractivity contribution in [2.75, 3.05) is 27.2 Å². The Morgan fingerprint density at radius 1 is 1.67 bits per heavy atom. The standard InChI is InChI=1S/C7H17N5/c1-9-7(11-8)10-6-3-4-12(2)5-6/h6H,3-5,8H2,1-2H3,(H2,9,10,11). The van der Waals surface area contributed by atoms with Gasteiger partial charge in [-0.25, -0.2) is 5.84 Å². The van der Waals surface area contributed by atoms with Crippen LogP contribution in [0.3, 0.4) is 0 Å². The molecule has 1 rings (SSSR count). The second-order valence-corrected chi connectivity index (χ2v) is 3.11. The highest BCUT2D eigenvalue weighted by molar-refractivity contribution is 5.79. The molecule has 1 heterocycles. The molecular weight excluding hydrogens is 154 g/mol. The predicted molar refractivity (Wildman–Crippen MR) is 49.7 cm³/mol. The second-order valence-electron chi connectivity index (χ2n) is 3.11. The molecule has 1 fully saturated rings. The highest BCUT2D eigenvalue weighted by atomic mass is 15.3. The van der Waals surface area contributed by atoms with Crippen molar-refractivity contribution in [3.63, 3.8) is 0 Å². The first kappa shape index (κ1) is 9.28. The molecule has 1 saturated heterocycles. The third kappa shape index (κ3) is 2.35. The van der Waals surface area contributed by atoms with E-state index in [4.69, 9.17) is 5.84 Å². The van der Waals surface area contributed by atoms with Crippen molar-refractivity contribution in [3.8, 4) is 0 Å². The van der Waals surface area contributed by atoms with Crippen LogP contribution in [0, 0.1) is 0 Å². The number of likely N-dealkylation sites (N-methyl/N-ethyl adjacent to an activating group) is 1. The fraction of sp³-hybridized carbons (Fsp3) is 0.857. The summed E-state index contributed by atoms with van der Waals surface area (Å²) in [4.78, 5) is 6.23. The van der Waals surface area contributed by atoms with Crippen molar-refractivity contribution in [2.45, 2.75) is 12.5 Å². The van der Waals surface area contributed by atoms with Gasteiger partial charge in [-0.05, 0) is 20.0 Å². The van der Waals surface area contributed by atoms with E-state index in [1.807, 2.05) is 0 Å². The summed E-state index contributed by atoms with van der Waals surface area (Å²) < 4.78 is 0. The van der Waals surface area contributed by atoms with Crippen molar-refractivity contribution in [1.82, 2.24) is 15.6 Å². The molecule has 0 bridgehead atoms. The molecule has 0 radical (unpaired) electrons. The highest BCUT2D eigenvalue weighted by Crippen LogP contribution is 2.05. The molecule has 5 heteroatoms. The lowest BCUT2D eigenvalue weighted by atomic mass is 10.3. The number of nitrogens with one attached hydrogen (secondary N) is 2. The van der Waals surface area contributed by atoms with E-state index in [0.717, 1.165) is 19.5 Å². The Balaban J connectivity index is 2.31. The number of hydrogen-bond donors (Lipinski definition) is 3. The number of likely N-dealkylation sites (tertiary alicyclic amines) is 1. The van der Waals surface area contributed by atoms with E-state index in [2.05, 4.69) is 27.7 Å². The molecular formula is C7H17N5. The van der Waals surface area contributed by atoms with Crippen molar-refractivity contribution < 1.29 is 0 Å². The SMILES string of the molecule is CN=C(NN)NC1CCN(C)C1. The minimum Gasteiger partial charge on any atom is -0.351 e. The number of rotatable bonds is 1. The fourth-order valence-electron chi connectivity index (χ4n) is 1.42. The highest BCUT2D eigenvalue weighted by Gasteiger charge is 2.19. The number of nitrogens with zero attached hydrogens (tertiary/aromatic N) is 2. The van der Waals surface area contributed by atoms with Gasteiger partial charge in [0.15, 0.2) is 0 Å². The molecule has 5 nitrogen and oxygen atoms in total. The van der Waals surface area contributed by atoms with Crippen LogP contribution in [0.2, 0.25) is 0 Å². The van der Waals surface area contributed by atoms with Crippen LogP contribution in [-0.2, 0) is 0 Å². The van der Waals surface area contributed by atoms with E-state index in [-0.39, 0.29) is 0 Å². The lowest BCUT2D eigenvalue weighted by Crippen LogP contribution is -2.47. The Kier molecular flexibility index (Phi) is 3.31. The van der Waals surface area contributed by atoms with Gasteiger partial charge in [0.2, 0.25) is 5.96 Å². The van der Waals surface area contributed by atoms with Crippen LogP contribution in [0.5, 0.6) is 0 Å². The maximum atomic E-state index is 5.24. The smallest absolute Gasteiger partial charge is 0.205 e. The first-order valence-electron chi connectivity index (χ1n) is 4.14. The minimum atomic E-state index is 0.477. The van der Waals surface area contributed by atoms with Crippen molar-refractivity contribution >= 4 is 5.96 Å². The summed E-state index contributed by atoms with van der Waals surface area (Å²) in [5.41, 5.74) is 2.51. The molecule has 0 spiro atoms. The van der Waals surface area contributed by atoms with Gasteiger partial charge in [-0.1, -0.05) is 0 Å². The summed E-state index contributed by atoms with van der Waals surface area (Å²) in [6.45, 7) is 2.19. The first-order valence-corrected chi connectivity index (χ1v) is 4.14. The number of guanidine groups is 1. The van der Waals surface area contributed by atoms with Crippen LogP contribution in [0.25, 0.3) is 0 Å². The van der Waals surface area contributed by atoms with Crippen LogP contribution < -0.4 is 16.6 Å². The summed E-state index contributed by atoms with van der Waals surface area (Å²) in [6.07, 6.45) is 1.15. The number of aliphatic imine (C=N–C) groups is 1. The van der Waals surface area contributed by atoms with Crippen LogP contribution >= 0.6 is 0 Å². The molecule has 1 aliphatic rings. The van der Waals surface area contributed by atoms with E-state index in [0.29, 0.717) is 12.0 Å². The van der Waals surface area contributed by atoms with Crippen molar-refractivity contribution in [3.05, 3.63) is 0 Å². The topological polar surface area (TPSA) is 65.7 Å². The molecule has 0 amide bonds. The summed E-state index contributed by atoms with van der Waals surface area (Å²) in [7, 11) is 3.82. The van der Waals surface area contributed by atoms with Gasteiger partial charge in [0.1, 0.15) is 0 Å². The van der Waals surface area contributed by atoms with Gasteiger partial charge in [-0.2, -0.15) is 0 Å². The molecule has 1 aliphatic heterocycles. The van der Waals surface area contributed by atoms with Crippen molar-refractivity contribution in [1.29, 1.82) is 0 Å². The summed E-state index contributed by atoms with van der Waals surface area (Å²) >= 11 is 0. The zero-order chi connectivity index (χ0) is 8.97. The van der Waals surface area contributed by atoms with Crippen LogP contribution in [0.4, 0.5) is 0 Å². The normalized spacial score (nSPS) is 25.9. The Morgan fingerprint density at radius 3 is 2.83 bits per heavy atom. The molecule has 4 N–H and O–H groups in total.